The van der Waals surface area contributed by atoms with Gasteiger partial charge in [-0.1, -0.05) is 29.4 Å². The first kappa shape index (κ1) is 21.6. The number of halogens is 1. The minimum absolute atomic E-state index is 0.0159. The maximum absolute atomic E-state index is 12.3. The lowest BCUT2D eigenvalue weighted by atomic mass is 10.2. The second-order valence-electron chi connectivity index (χ2n) is 6.41. The molecule has 0 fully saturated rings. The number of nitro benzene ring substituents is 1. The average Bonchev–Trinajstić information content (AvgIpc) is 3.06. The van der Waals surface area contributed by atoms with E-state index in [0.29, 0.717) is 33.8 Å². The number of aromatic nitrogens is 3. The van der Waals surface area contributed by atoms with E-state index < -0.39 is 4.92 Å². The quantitative estimate of drug-likeness (QED) is 0.305. The Hall–Kier alpha value is -3.11. The Morgan fingerprint density at radius 1 is 1.27 bits per heavy atom. The monoisotopic (exact) mass is 446 g/mol. The third-order valence-corrected chi connectivity index (χ3v) is 5.48. The predicted molar refractivity (Wildman–Crippen MR) is 117 cm³/mol. The minimum Gasteiger partial charge on any atom is -0.378 e. The number of non-ortho nitro benzene ring substituents is 1. The summed E-state index contributed by atoms with van der Waals surface area (Å²) in [6, 6.07) is 11.7. The predicted octanol–water partition coefficient (Wildman–Crippen LogP) is 4.03. The summed E-state index contributed by atoms with van der Waals surface area (Å²) in [6.45, 7) is 2.16. The van der Waals surface area contributed by atoms with Crippen molar-refractivity contribution in [1.29, 1.82) is 0 Å². The molecule has 0 spiro atoms. The van der Waals surface area contributed by atoms with Crippen molar-refractivity contribution < 1.29 is 9.72 Å². The van der Waals surface area contributed by atoms with Crippen molar-refractivity contribution in [2.75, 3.05) is 16.4 Å². The molecule has 0 aliphatic carbocycles. The van der Waals surface area contributed by atoms with E-state index in [2.05, 4.69) is 20.8 Å². The molecule has 0 aliphatic heterocycles. The molecule has 0 atom stereocenters. The van der Waals surface area contributed by atoms with Gasteiger partial charge in [-0.3, -0.25) is 14.9 Å². The molecule has 3 aromatic rings. The molecule has 156 valence electrons. The number of rotatable bonds is 8. The maximum atomic E-state index is 12.3. The minimum atomic E-state index is -0.471. The summed E-state index contributed by atoms with van der Waals surface area (Å²) >= 11 is 7.23. The highest BCUT2D eigenvalue weighted by atomic mass is 35.5. The summed E-state index contributed by atoms with van der Waals surface area (Å²) in [7, 11) is 1.83. The molecular weight excluding hydrogens is 428 g/mol. The van der Waals surface area contributed by atoms with Gasteiger partial charge in [-0.05, 0) is 36.8 Å². The van der Waals surface area contributed by atoms with E-state index >= 15 is 0 Å². The summed E-state index contributed by atoms with van der Waals surface area (Å²) in [6.07, 6.45) is 0. The molecule has 1 amide bonds. The number of anilines is 2. The number of carbonyl (C=O) groups excluding carboxylic acids is 1. The summed E-state index contributed by atoms with van der Waals surface area (Å²) < 4.78 is 1.81. The first-order chi connectivity index (χ1) is 14.3. The molecule has 11 heteroatoms. The van der Waals surface area contributed by atoms with Gasteiger partial charge in [0.2, 0.25) is 5.91 Å². The van der Waals surface area contributed by atoms with Crippen molar-refractivity contribution >= 4 is 46.3 Å². The van der Waals surface area contributed by atoms with Gasteiger partial charge >= 0.3 is 0 Å². The Balaban J connectivity index is 1.54. The van der Waals surface area contributed by atoms with E-state index in [9.17, 15) is 14.9 Å². The van der Waals surface area contributed by atoms with Gasteiger partial charge in [0.05, 0.1) is 17.2 Å². The number of thioether (sulfide) groups is 1. The summed E-state index contributed by atoms with van der Waals surface area (Å²) in [4.78, 5) is 22.6. The smallest absolute Gasteiger partial charge is 0.269 e. The number of nitrogens with one attached hydrogen (secondary N) is 2. The van der Waals surface area contributed by atoms with E-state index in [4.69, 9.17) is 11.6 Å². The molecule has 0 radical (unpaired) electrons. The van der Waals surface area contributed by atoms with Gasteiger partial charge < -0.3 is 15.2 Å². The molecule has 1 heterocycles. The summed E-state index contributed by atoms with van der Waals surface area (Å²) in [5.41, 5.74) is 2.02. The Kier molecular flexibility index (Phi) is 6.91. The van der Waals surface area contributed by atoms with Crippen LogP contribution in [0.25, 0.3) is 0 Å². The number of carbonyl (C=O) groups is 1. The lowest BCUT2D eigenvalue weighted by Gasteiger charge is -2.09. The molecule has 0 saturated carbocycles. The SMILES string of the molecule is Cc1cc([N+](=O)[O-])ccc1NC(=O)CSc1nnc(CNc2cccc(Cl)c2)n1C. The fourth-order valence-corrected chi connectivity index (χ4v) is 3.54. The number of benzene rings is 2. The zero-order chi connectivity index (χ0) is 21.7. The standard InChI is InChI=1S/C19H19ClN6O3S/c1-12-8-15(26(28)29)6-7-16(12)22-18(27)11-30-19-24-23-17(25(19)2)10-21-14-5-3-4-13(20)9-14/h3-9,21H,10-11H2,1-2H3,(H,22,27). The van der Waals surface area contributed by atoms with Crippen molar-refractivity contribution in [2.24, 2.45) is 7.05 Å². The zero-order valence-corrected chi connectivity index (χ0v) is 17.8. The van der Waals surface area contributed by atoms with Crippen LogP contribution >= 0.6 is 23.4 Å². The van der Waals surface area contributed by atoms with Crippen molar-refractivity contribution in [3.05, 3.63) is 69.0 Å². The molecule has 30 heavy (non-hydrogen) atoms. The van der Waals surface area contributed by atoms with Gasteiger partial charge in [-0.15, -0.1) is 10.2 Å². The fraction of sp³-hybridized carbons (Fsp3) is 0.211. The van der Waals surface area contributed by atoms with E-state index in [1.165, 1.54) is 30.0 Å². The Labute approximate surface area is 182 Å². The molecule has 0 bridgehead atoms. The van der Waals surface area contributed by atoms with Crippen LogP contribution in [-0.4, -0.2) is 31.3 Å². The van der Waals surface area contributed by atoms with Crippen LogP contribution in [-0.2, 0) is 18.4 Å². The van der Waals surface area contributed by atoms with Crippen LogP contribution in [0.3, 0.4) is 0 Å². The highest BCUT2D eigenvalue weighted by molar-refractivity contribution is 7.99. The second kappa shape index (κ2) is 9.59. The number of nitro groups is 1. The largest absolute Gasteiger partial charge is 0.378 e. The van der Waals surface area contributed by atoms with Crippen LogP contribution in [0, 0.1) is 17.0 Å². The van der Waals surface area contributed by atoms with Crippen molar-refractivity contribution in [1.82, 2.24) is 14.8 Å². The number of hydrogen-bond acceptors (Lipinski definition) is 7. The van der Waals surface area contributed by atoms with Crippen LogP contribution in [0.2, 0.25) is 5.02 Å². The van der Waals surface area contributed by atoms with Crippen molar-refractivity contribution in [3.63, 3.8) is 0 Å². The molecule has 1 aromatic heterocycles. The molecule has 3 rings (SSSR count). The van der Waals surface area contributed by atoms with Gasteiger partial charge in [-0.25, -0.2) is 0 Å². The van der Waals surface area contributed by atoms with Gasteiger partial charge in [0.25, 0.3) is 5.69 Å². The van der Waals surface area contributed by atoms with Gasteiger partial charge in [-0.2, -0.15) is 0 Å². The van der Waals surface area contributed by atoms with Crippen LogP contribution < -0.4 is 10.6 Å². The third-order valence-electron chi connectivity index (χ3n) is 4.23. The van der Waals surface area contributed by atoms with E-state index in [1.54, 1.807) is 13.0 Å². The van der Waals surface area contributed by atoms with Gasteiger partial charge in [0.1, 0.15) is 0 Å². The van der Waals surface area contributed by atoms with E-state index in [0.717, 1.165) is 5.69 Å². The molecule has 9 nitrogen and oxygen atoms in total. The molecule has 2 N–H and O–H groups in total. The van der Waals surface area contributed by atoms with Crippen LogP contribution in [0.5, 0.6) is 0 Å². The first-order valence-electron chi connectivity index (χ1n) is 8.89. The van der Waals surface area contributed by atoms with Crippen molar-refractivity contribution in [3.8, 4) is 0 Å². The Bertz CT molecular complexity index is 1090. The molecule has 0 aliphatic rings. The molecule has 0 unspecified atom stereocenters. The lowest BCUT2D eigenvalue weighted by molar-refractivity contribution is -0.384. The topological polar surface area (TPSA) is 115 Å². The zero-order valence-electron chi connectivity index (χ0n) is 16.3. The average molecular weight is 447 g/mol. The number of nitrogens with zero attached hydrogens (tertiary/aromatic N) is 4. The van der Waals surface area contributed by atoms with E-state index in [-0.39, 0.29) is 17.3 Å². The van der Waals surface area contributed by atoms with E-state index in [1.807, 2.05) is 29.8 Å². The Morgan fingerprint density at radius 2 is 2.07 bits per heavy atom. The summed E-state index contributed by atoms with van der Waals surface area (Å²) in [5, 5.41) is 26.3. The number of hydrogen-bond donors (Lipinski definition) is 2. The second-order valence-corrected chi connectivity index (χ2v) is 7.79. The van der Waals surface area contributed by atoms with Crippen LogP contribution in [0.1, 0.15) is 11.4 Å². The maximum Gasteiger partial charge on any atom is 0.269 e. The summed E-state index contributed by atoms with van der Waals surface area (Å²) in [5.74, 6) is 0.604. The van der Waals surface area contributed by atoms with Gasteiger partial charge in [0.15, 0.2) is 11.0 Å². The fourth-order valence-electron chi connectivity index (χ4n) is 2.62. The molecule has 2 aromatic carbocycles. The lowest BCUT2D eigenvalue weighted by Crippen LogP contribution is -2.15. The van der Waals surface area contributed by atoms with Crippen LogP contribution in [0.15, 0.2) is 47.6 Å². The highest BCUT2D eigenvalue weighted by Crippen LogP contribution is 2.22. The number of amides is 1. The highest BCUT2D eigenvalue weighted by Gasteiger charge is 2.13. The first-order valence-corrected chi connectivity index (χ1v) is 10.2. The van der Waals surface area contributed by atoms with Gasteiger partial charge in [0, 0.05) is 35.6 Å². The number of aryl methyl sites for hydroxylation is 1. The van der Waals surface area contributed by atoms with Crippen LogP contribution in [0.4, 0.5) is 17.1 Å². The molecule has 0 saturated heterocycles. The third kappa shape index (κ3) is 5.49. The Morgan fingerprint density at radius 3 is 2.77 bits per heavy atom. The normalized spacial score (nSPS) is 10.6. The van der Waals surface area contributed by atoms with Crippen molar-refractivity contribution in [2.45, 2.75) is 18.6 Å². The molecular formula is C19H19ClN6O3S.